The third kappa shape index (κ3) is 4.28. The smallest absolute Gasteiger partial charge is 0.265 e. The molecule has 0 radical (unpaired) electrons. The fourth-order valence-corrected chi connectivity index (χ4v) is 2.58. The number of rotatable bonds is 4. The van der Waals surface area contributed by atoms with Crippen molar-refractivity contribution in [1.29, 1.82) is 0 Å². The molecule has 0 fully saturated rings. The highest BCUT2D eigenvalue weighted by atomic mass is 16.6. The van der Waals surface area contributed by atoms with Crippen molar-refractivity contribution in [2.24, 2.45) is 0 Å². The second-order valence-corrected chi connectivity index (χ2v) is 5.93. The summed E-state index contributed by atoms with van der Waals surface area (Å²) in [4.78, 5) is 12.3. The Morgan fingerprint density at radius 3 is 2.54 bits per heavy atom. The number of ether oxygens (including phenoxy) is 3. The summed E-state index contributed by atoms with van der Waals surface area (Å²) in [7, 11) is 0. The lowest BCUT2D eigenvalue weighted by molar-refractivity contribution is -0.133. The van der Waals surface area contributed by atoms with Gasteiger partial charge in [0.05, 0.1) is 6.54 Å². The van der Waals surface area contributed by atoms with Gasteiger partial charge in [-0.2, -0.15) is 0 Å². The molecule has 2 aromatic carbocycles. The highest BCUT2D eigenvalue weighted by Gasteiger charge is 2.33. The van der Waals surface area contributed by atoms with Gasteiger partial charge < -0.3 is 19.5 Å². The molecule has 3 rings (SSSR count). The zero-order chi connectivity index (χ0) is 18.4. The average Bonchev–Trinajstić information content (AvgIpc) is 2.65. The van der Waals surface area contributed by atoms with E-state index in [0.717, 1.165) is 11.3 Å². The van der Waals surface area contributed by atoms with E-state index >= 15 is 0 Å². The number of aryl methyl sites for hydroxylation is 1. The summed E-state index contributed by atoms with van der Waals surface area (Å²) < 4.78 is 17.1. The van der Waals surface area contributed by atoms with Gasteiger partial charge in [0.25, 0.3) is 5.91 Å². The third-order valence-electron chi connectivity index (χ3n) is 3.97. The van der Waals surface area contributed by atoms with Gasteiger partial charge in [0, 0.05) is 0 Å². The van der Waals surface area contributed by atoms with Gasteiger partial charge >= 0.3 is 0 Å². The van der Waals surface area contributed by atoms with Crippen molar-refractivity contribution in [3.8, 4) is 29.1 Å². The first kappa shape index (κ1) is 17.7. The van der Waals surface area contributed by atoms with E-state index in [1.807, 2.05) is 56.3 Å². The fraction of sp³-hybridized carbons (Fsp3) is 0.286. The molecule has 1 amide bonds. The van der Waals surface area contributed by atoms with Crippen LogP contribution in [0.4, 0.5) is 0 Å². The molecular formula is C21H21NO4. The molecule has 1 N–H and O–H groups in total. The second-order valence-electron chi connectivity index (χ2n) is 5.93. The second kappa shape index (κ2) is 8.30. The van der Waals surface area contributed by atoms with E-state index in [9.17, 15) is 4.79 Å². The van der Waals surface area contributed by atoms with Gasteiger partial charge in [-0.3, -0.25) is 4.79 Å². The van der Waals surface area contributed by atoms with Crippen LogP contribution in [0.3, 0.4) is 0 Å². The Kier molecular flexibility index (Phi) is 5.65. The van der Waals surface area contributed by atoms with Crippen molar-refractivity contribution in [1.82, 2.24) is 5.32 Å². The topological polar surface area (TPSA) is 56.8 Å². The molecule has 0 saturated carbocycles. The summed E-state index contributed by atoms with van der Waals surface area (Å²) in [6.45, 7) is 4.29. The predicted octanol–water partition coefficient (Wildman–Crippen LogP) is 2.72. The minimum Gasteiger partial charge on any atom is -0.482 e. The van der Waals surface area contributed by atoms with Crippen LogP contribution >= 0.6 is 0 Å². The lowest BCUT2D eigenvalue weighted by Gasteiger charge is -2.30. The number of nitrogens with one attached hydrogen (secondary N) is 1. The quantitative estimate of drug-likeness (QED) is 0.861. The molecule has 2 aromatic rings. The Hall–Kier alpha value is -3.13. The zero-order valence-electron chi connectivity index (χ0n) is 14.8. The van der Waals surface area contributed by atoms with E-state index in [-0.39, 0.29) is 25.2 Å². The van der Waals surface area contributed by atoms with Crippen molar-refractivity contribution >= 4 is 5.91 Å². The molecule has 1 heterocycles. The molecule has 0 aliphatic carbocycles. The van der Waals surface area contributed by atoms with E-state index in [4.69, 9.17) is 14.2 Å². The Morgan fingerprint density at radius 1 is 1.08 bits per heavy atom. The number of fused-ring (bicyclic) bond motifs is 1. The van der Waals surface area contributed by atoms with Crippen molar-refractivity contribution in [2.75, 3.05) is 13.2 Å². The zero-order valence-corrected chi connectivity index (χ0v) is 14.8. The number of benzene rings is 2. The summed E-state index contributed by atoms with van der Waals surface area (Å²) in [5.74, 6) is 7.55. The number of amides is 1. The average molecular weight is 351 g/mol. The number of hydrogen-bond acceptors (Lipinski definition) is 4. The summed E-state index contributed by atoms with van der Waals surface area (Å²) in [5, 5.41) is 2.75. The monoisotopic (exact) mass is 351 g/mol. The maximum atomic E-state index is 12.3. The largest absolute Gasteiger partial charge is 0.482 e. The SMILES string of the molecule is Cc1ccccc1OCC#CCNC(=O)C1Oc2ccccc2OC1C. The third-order valence-corrected chi connectivity index (χ3v) is 3.97. The normalized spacial score (nSPS) is 17.6. The summed E-state index contributed by atoms with van der Waals surface area (Å²) in [6, 6.07) is 15.1. The Morgan fingerprint density at radius 2 is 1.77 bits per heavy atom. The summed E-state index contributed by atoms with van der Waals surface area (Å²) >= 11 is 0. The standard InChI is InChI=1S/C21H21NO4/c1-15-9-3-4-10-17(15)24-14-8-7-13-22-21(23)20-16(2)25-18-11-5-6-12-19(18)26-20/h3-6,9-12,16,20H,13-14H2,1-2H3,(H,22,23). The molecule has 2 unspecified atom stereocenters. The van der Waals surface area contributed by atoms with Crippen LogP contribution < -0.4 is 19.5 Å². The molecule has 0 bridgehead atoms. The van der Waals surface area contributed by atoms with E-state index in [2.05, 4.69) is 17.2 Å². The van der Waals surface area contributed by atoms with Crippen LogP contribution in [-0.4, -0.2) is 31.3 Å². The first-order valence-electron chi connectivity index (χ1n) is 8.49. The first-order chi connectivity index (χ1) is 12.6. The van der Waals surface area contributed by atoms with Crippen LogP contribution in [0.2, 0.25) is 0 Å². The van der Waals surface area contributed by atoms with E-state index in [1.54, 1.807) is 6.07 Å². The van der Waals surface area contributed by atoms with E-state index in [0.29, 0.717) is 11.5 Å². The Labute approximate surface area is 153 Å². The molecule has 5 heteroatoms. The van der Waals surface area contributed by atoms with Crippen LogP contribution in [0, 0.1) is 18.8 Å². The molecule has 26 heavy (non-hydrogen) atoms. The maximum absolute atomic E-state index is 12.3. The van der Waals surface area contributed by atoms with Gasteiger partial charge in [-0.1, -0.05) is 42.2 Å². The van der Waals surface area contributed by atoms with Crippen molar-refractivity contribution < 1.29 is 19.0 Å². The van der Waals surface area contributed by atoms with E-state index < -0.39 is 6.10 Å². The highest BCUT2D eigenvalue weighted by molar-refractivity contribution is 5.82. The molecule has 134 valence electrons. The minimum atomic E-state index is -0.699. The van der Waals surface area contributed by atoms with Crippen molar-refractivity contribution in [3.63, 3.8) is 0 Å². The molecule has 1 aliphatic heterocycles. The number of para-hydroxylation sites is 3. The lowest BCUT2D eigenvalue weighted by atomic mass is 10.1. The molecule has 0 spiro atoms. The van der Waals surface area contributed by atoms with Crippen LogP contribution in [0.25, 0.3) is 0 Å². The number of carbonyl (C=O) groups excluding carboxylic acids is 1. The number of hydrogen-bond donors (Lipinski definition) is 1. The van der Waals surface area contributed by atoms with Crippen LogP contribution in [0.1, 0.15) is 12.5 Å². The number of carbonyl (C=O) groups is 1. The maximum Gasteiger partial charge on any atom is 0.265 e. The minimum absolute atomic E-state index is 0.226. The van der Waals surface area contributed by atoms with Crippen molar-refractivity contribution in [3.05, 3.63) is 54.1 Å². The Balaban J connectivity index is 1.46. The highest BCUT2D eigenvalue weighted by Crippen LogP contribution is 2.33. The molecular weight excluding hydrogens is 330 g/mol. The lowest BCUT2D eigenvalue weighted by Crippen LogP contribution is -2.49. The summed E-state index contributed by atoms with van der Waals surface area (Å²) in [5.41, 5.74) is 1.06. The van der Waals surface area contributed by atoms with Gasteiger partial charge in [-0.15, -0.1) is 0 Å². The van der Waals surface area contributed by atoms with E-state index in [1.165, 1.54) is 0 Å². The van der Waals surface area contributed by atoms with Gasteiger partial charge in [0.2, 0.25) is 6.10 Å². The van der Waals surface area contributed by atoms with Gasteiger partial charge in [0.1, 0.15) is 18.5 Å². The molecule has 2 atom stereocenters. The molecule has 0 aromatic heterocycles. The van der Waals surface area contributed by atoms with Crippen LogP contribution in [0.5, 0.6) is 17.2 Å². The molecule has 1 aliphatic rings. The van der Waals surface area contributed by atoms with Gasteiger partial charge in [-0.05, 0) is 37.6 Å². The molecule has 5 nitrogen and oxygen atoms in total. The van der Waals surface area contributed by atoms with Gasteiger partial charge in [0.15, 0.2) is 11.5 Å². The predicted molar refractivity (Wildman–Crippen MR) is 98.4 cm³/mol. The fourth-order valence-electron chi connectivity index (χ4n) is 2.58. The van der Waals surface area contributed by atoms with Crippen LogP contribution in [0.15, 0.2) is 48.5 Å². The van der Waals surface area contributed by atoms with Crippen molar-refractivity contribution in [2.45, 2.75) is 26.1 Å². The molecule has 0 saturated heterocycles. The Bertz CT molecular complexity index is 837. The van der Waals surface area contributed by atoms with Gasteiger partial charge in [-0.25, -0.2) is 0 Å². The van der Waals surface area contributed by atoms with Crippen LogP contribution in [-0.2, 0) is 4.79 Å². The first-order valence-corrected chi connectivity index (χ1v) is 8.49. The summed E-state index contributed by atoms with van der Waals surface area (Å²) in [6.07, 6.45) is -1.07.